The molecule has 252 valence electrons. The zero-order valence-electron chi connectivity index (χ0n) is 24.9. The Bertz CT molecular complexity index is 1530. The van der Waals surface area contributed by atoms with E-state index >= 15 is 0 Å². The summed E-state index contributed by atoms with van der Waals surface area (Å²) in [4.78, 5) is 61.2. The molecule has 0 spiro atoms. The summed E-state index contributed by atoms with van der Waals surface area (Å²) in [6.07, 6.45) is -4.74. The lowest BCUT2D eigenvalue weighted by atomic mass is 9.97. The Kier molecular flexibility index (Phi) is 12.0. The van der Waals surface area contributed by atoms with Gasteiger partial charge in [0.15, 0.2) is 17.7 Å². The van der Waals surface area contributed by atoms with Crippen LogP contribution in [0.1, 0.15) is 37.7 Å². The third kappa shape index (κ3) is 9.57. The quantitative estimate of drug-likeness (QED) is 0.177. The van der Waals surface area contributed by atoms with Crippen molar-refractivity contribution in [1.82, 2.24) is 25.5 Å². The molecule has 1 aromatic heterocycles. The number of benzene rings is 1. The minimum atomic E-state index is -6.42. The van der Waals surface area contributed by atoms with Crippen LogP contribution in [0.25, 0.3) is 11.4 Å². The maximum atomic E-state index is 13.7. The van der Waals surface area contributed by atoms with Crippen LogP contribution < -0.4 is 16.0 Å². The molecular formula is C27H33F3N6O9S. The molecule has 15 nitrogen and oxygen atoms in total. The average molecular weight is 675 g/mol. The standard InChI is InChI=1S/C27H33F3N6O9S/c1-4-44-26(41)36-11-10-31-19(14-36)22(37)17(12-20(25(39)40)45-46(42,43)27(28,29)30)34-24(38)18-13-21(32-15(2)3)35-23(33-18)16-8-6-5-7-9-16/h5-9,13,15,17,19-20,31H,4,10-12,14H2,1-3H3,(H,34,38)(H,39,40)(H,32,33,35). The number of aromatic nitrogens is 2. The number of aliphatic carboxylic acids is 1. The van der Waals surface area contributed by atoms with E-state index in [1.54, 1.807) is 51.1 Å². The second kappa shape index (κ2) is 15.3. The second-order valence-corrected chi connectivity index (χ2v) is 11.8. The summed E-state index contributed by atoms with van der Waals surface area (Å²) in [5.41, 5.74) is -5.77. The maximum absolute atomic E-state index is 13.7. The van der Waals surface area contributed by atoms with Crippen molar-refractivity contribution in [2.45, 2.75) is 56.9 Å². The molecular weight excluding hydrogens is 641 g/mol. The Morgan fingerprint density at radius 1 is 1.15 bits per heavy atom. The smallest absolute Gasteiger partial charge is 0.479 e. The Hall–Kier alpha value is -4.36. The van der Waals surface area contributed by atoms with Gasteiger partial charge in [-0.2, -0.15) is 21.6 Å². The summed E-state index contributed by atoms with van der Waals surface area (Å²) in [5.74, 6) is -3.88. The predicted octanol–water partition coefficient (Wildman–Crippen LogP) is 1.77. The van der Waals surface area contributed by atoms with Crippen molar-refractivity contribution in [1.29, 1.82) is 0 Å². The molecule has 2 aromatic rings. The SMILES string of the molecule is CCOC(=O)N1CCNC(C(=O)C(CC(OS(=O)(=O)C(F)(F)F)C(=O)O)NC(=O)c2cc(NC(C)C)nc(-c3ccccc3)n2)C1. The molecule has 1 saturated heterocycles. The normalized spacial score (nSPS) is 16.8. The van der Waals surface area contributed by atoms with Gasteiger partial charge < -0.3 is 30.7 Å². The van der Waals surface area contributed by atoms with Crippen LogP contribution in [-0.4, -0.2) is 108 Å². The Labute approximate surface area is 262 Å². The monoisotopic (exact) mass is 674 g/mol. The number of carboxylic acid groups (broad SMARTS) is 1. The summed E-state index contributed by atoms with van der Waals surface area (Å²) < 4.78 is 71.4. The van der Waals surface area contributed by atoms with E-state index in [0.717, 1.165) is 0 Å². The number of piperazine rings is 1. The van der Waals surface area contributed by atoms with Crippen molar-refractivity contribution >= 4 is 39.7 Å². The zero-order chi connectivity index (χ0) is 34.2. The number of carboxylic acids is 1. The van der Waals surface area contributed by atoms with Gasteiger partial charge in [-0.3, -0.25) is 9.59 Å². The molecule has 2 heterocycles. The van der Waals surface area contributed by atoms with Crippen LogP contribution in [0.4, 0.5) is 23.8 Å². The maximum Gasteiger partial charge on any atom is 0.523 e. The van der Waals surface area contributed by atoms with Crippen LogP contribution in [0, 0.1) is 0 Å². The highest BCUT2D eigenvalue weighted by Gasteiger charge is 2.50. The number of nitrogens with one attached hydrogen (secondary N) is 3. The average Bonchev–Trinajstić information content (AvgIpc) is 2.99. The first kappa shape index (κ1) is 36.1. The number of amides is 2. The van der Waals surface area contributed by atoms with Crippen LogP contribution in [-0.2, 0) is 28.6 Å². The van der Waals surface area contributed by atoms with Gasteiger partial charge in [0, 0.05) is 43.7 Å². The lowest BCUT2D eigenvalue weighted by Gasteiger charge is -2.34. The zero-order valence-corrected chi connectivity index (χ0v) is 25.7. The molecule has 2 amide bonds. The molecule has 19 heteroatoms. The lowest BCUT2D eigenvalue weighted by Crippen LogP contribution is -2.60. The number of hydrogen-bond acceptors (Lipinski definition) is 12. The van der Waals surface area contributed by atoms with Gasteiger partial charge in [0.25, 0.3) is 5.91 Å². The molecule has 1 aromatic carbocycles. The van der Waals surface area contributed by atoms with Gasteiger partial charge in [-0.25, -0.2) is 23.7 Å². The van der Waals surface area contributed by atoms with Gasteiger partial charge in [0.2, 0.25) is 0 Å². The van der Waals surface area contributed by atoms with Crippen LogP contribution in [0.5, 0.6) is 0 Å². The van der Waals surface area contributed by atoms with Gasteiger partial charge in [-0.05, 0) is 20.8 Å². The summed E-state index contributed by atoms with van der Waals surface area (Å²) in [6, 6.07) is 6.38. The third-order valence-electron chi connectivity index (χ3n) is 6.37. The van der Waals surface area contributed by atoms with Gasteiger partial charge in [0.05, 0.1) is 18.7 Å². The van der Waals surface area contributed by atoms with E-state index in [1.807, 2.05) is 0 Å². The largest absolute Gasteiger partial charge is 0.523 e. The first-order valence-corrected chi connectivity index (χ1v) is 15.4. The number of nitrogens with zero attached hydrogens (tertiary/aromatic N) is 3. The summed E-state index contributed by atoms with van der Waals surface area (Å²) in [7, 11) is -6.42. The molecule has 4 N–H and O–H groups in total. The topological polar surface area (TPSA) is 206 Å². The van der Waals surface area contributed by atoms with E-state index < -0.39 is 64.0 Å². The van der Waals surface area contributed by atoms with Crippen LogP contribution >= 0.6 is 0 Å². The van der Waals surface area contributed by atoms with E-state index in [9.17, 15) is 45.9 Å². The number of halogens is 3. The molecule has 1 aliphatic heterocycles. The van der Waals surface area contributed by atoms with Crippen molar-refractivity contribution < 1.29 is 54.8 Å². The van der Waals surface area contributed by atoms with Gasteiger partial charge in [0.1, 0.15) is 11.5 Å². The van der Waals surface area contributed by atoms with Gasteiger partial charge in [-0.1, -0.05) is 30.3 Å². The number of carbonyl (C=O) groups excluding carboxylic acids is 3. The molecule has 0 bridgehead atoms. The Balaban J connectivity index is 2.00. The summed E-state index contributed by atoms with van der Waals surface area (Å²) in [5, 5.41) is 17.7. The molecule has 3 rings (SSSR count). The minimum absolute atomic E-state index is 0.0307. The van der Waals surface area contributed by atoms with Crippen LogP contribution in [0.2, 0.25) is 0 Å². The fourth-order valence-corrected chi connectivity index (χ4v) is 4.87. The van der Waals surface area contributed by atoms with Crippen molar-refractivity contribution in [3.63, 3.8) is 0 Å². The highest BCUT2D eigenvalue weighted by Crippen LogP contribution is 2.27. The summed E-state index contributed by atoms with van der Waals surface area (Å²) in [6.45, 7) is 5.08. The number of ether oxygens (including phenoxy) is 1. The van der Waals surface area contributed by atoms with Crippen molar-refractivity contribution in [2.24, 2.45) is 0 Å². The number of hydrogen-bond donors (Lipinski definition) is 4. The molecule has 3 atom stereocenters. The highest BCUT2D eigenvalue weighted by molar-refractivity contribution is 7.87. The second-order valence-electron chi connectivity index (χ2n) is 10.3. The van der Waals surface area contributed by atoms with E-state index in [2.05, 4.69) is 30.1 Å². The Morgan fingerprint density at radius 3 is 2.41 bits per heavy atom. The Morgan fingerprint density at radius 2 is 1.83 bits per heavy atom. The number of alkyl halides is 3. The highest BCUT2D eigenvalue weighted by atomic mass is 32.2. The fraction of sp³-hybridized carbons (Fsp3) is 0.481. The predicted molar refractivity (Wildman–Crippen MR) is 155 cm³/mol. The number of carbonyl (C=O) groups is 4. The molecule has 1 fully saturated rings. The molecule has 0 saturated carbocycles. The van der Waals surface area contributed by atoms with E-state index in [4.69, 9.17) is 4.74 Å². The third-order valence-corrected chi connectivity index (χ3v) is 7.43. The number of rotatable bonds is 13. The van der Waals surface area contributed by atoms with E-state index in [0.29, 0.717) is 5.56 Å². The number of Topliss-reactive ketones (excluding diaryl/α,β-unsaturated/α-hetero) is 1. The molecule has 0 radical (unpaired) electrons. The number of anilines is 1. The summed E-state index contributed by atoms with van der Waals surface area (Å²) >= 11 is 0. The van der Waals surface area contributed by atoms with Crippen LogP contribution in [0.15, 0.2) is 36.4 Å². The van der Waals surface area contributed by atoms with Crippen molar-refractivity contribution in [2.75, 3.05) is 31.6 Å². The fourth-order valence-electron chi connectivity index (χ4n) is 4.29. The number of ketones is 1. The first-order valence-electron chi connectivity index (χ1n) is 14.0. The molecule has 0 aliphatic carbocycles. The van der Waals surface area contributed by atoms with E-state index in [1.165, 1.54) is 11.0 Å². The first-order chi connectivity index (χ1) is 21.5. The molecule has 3 unspecified atom stereocenters. The van der Waals surface area contributed by atoms with Crippen LogP contribution in [0.3, 0.4) is 0 Å². The van der Waals surface area contributed by atoms with Crippen molar-refractivity contribution in [3.05, 3.63) is 42.1 Å². The lowest BCUT2D eigenvalue weighted by molar-refractivity contribution is -0.146. The van der Waals surface area contributed by atoms with Gasteiger partial charge in [-0.15, -0.1) is 0 Å². The molecule has 1 aliphatic rings. The molecule has 46 heavy (non-hydrogen) atoms. The van der Waals surface area contributed by atoms with Crippen molar-refractivity contribution in [3.8, 4) is 11.4 Å². The van der Waals surface area contributed by atoms with Gasteiger partial charge >= 0.3 is 27.7 Å². The van der Waals surface area contributed by atoms with E-state index in [-0.39, 0.29) is 49.6 Å². The minimum Gasteiger partial charge on any atom is -0.479 e.